The van der Waals surface area contributed by atoms with E-state index in [4.69, 9.17) is 4.74 Å². The van der Waals surface area contributed by atoms with Crippen molar-refractivity contribution in [3.05, 3.63) is 24.0 Å². The Morgan fingerprint density at radius 3 is 2.79 bits per heavy atom. The molecular formula is C18H30N4O2. The van der Waals surface area contributed by atoms with Crippen molar-refractivity contribution in [2.45, 2.75) is 43.9 Å². The molecule has 2 aliphatic rings. The first-order valence-electron chi connectivity index (χ1n) is 8.91. The molecule has 0 bridgehead atoms. The molecule has 1 aromatic rings. The molecule has 2 fully saturated rings. The van der Waals surface area contributed by atoms with Crippen molar-refractivity contribution >= 4 is 6.03 Å². The summed E-state index contributed by atoms with van der Waals surface area (Å²) in [5, 5.41) is 3.09. The van der Waals surface area contributed by atoms with Crippen molar-refractivity contribution in [1.82, 2.24) is 19.7 Å². The van der Waals surface area contributed by atoms with Crippen molar-refractivity contribution < 1.29 is 9.53 Å². The smallest absolute Gasteiger partial charge is 0.318 e. The van der Waals surface area contributed by atoms with Crippen LogP contribution in [0.1, 0.15) is 31.2 Å². The van der Waals surface area contributed by atoms with Crippen LogP contribution in [0.15, 0.2) is 18.5 Å². The van der Waals surface area contributed by atoms with E-state index in [1.165, 1.54) is 12.8 Å². The number of aromatic nitrogens is 1. The van der Waals surface area contributed by atoms with Crippen LogP contribution in [0.3, 0.4) is 0 Å². The van der Waals surface area contributed by atoms with Crippen LogP contribution in [0.2, 0.25) is 0 Å². The summed E-state index contributed by atoms with van der Waals surface area (Å²) < 4.78 is 8.23. The maximum absolute atomic E-state index is 12.8. The Morgan fingerprint density at radius 2 is 2.17 bits per heavy atom. The predicted molar refractivity (Wildman–Crippen MR) is 93.8 cm³/mol. The van der Waals surface area contributed by atoms with Crippen LogP contribution in [0.25, 0.3) is 0 Å². The third-order valence-electron chi connectivity index (χ3n) is 5.17. The van der Waals surface area contributed by atoms with Gasteiger partial charge in [0.25, 0.3) is 0 Å². The van der Waals surface area contributed by atoms with E-state index in [1.54, 1.807) is 0 Å². The molecule has 6 nitrogen and oxygen atoms in total. The molecule has 1 aromatic heterocycles. The van der Waals surface area contributed by atoms with Gasteiger partial charge in [0.05, 0.1) is 24.8 Å². The molecule has 3 rings (SSSR count). The fourth-order valence-corrected chi connectivity index (χ4v) is 3.93. The van der Waals surface area contributed by atoms with Gasteiger partial charge in [-0.1, -0.05) is 12.8 Å². The first-order chi connectivity index (χ1) is 11.5. The SMILES string of the molecule is CN(C)CC1COC2(CCCC2)CN1C(=O)NCc1ccn(C)c1. The van der Waals surface area contributed by atoms with Crippen LogP contribution in [-0.4, -0.2) is 65.8 Å². The predicted octanol–water partition coefficient (Wildman–Crippen LogP) is 1.81. The summed E-state index contributed by atoms with van der Waals surface area (Å²) in [5.41, 5.74) is 1.02. The molecule has 24 heavy (non-hydrogen) atoms. The molecule has 6 heteroatoms. The minimum absolute atomic E-state index is 0.0280. The Hall–Kier alpha value is -1.53. The third kappa shape index (κ3) is 3.92. The zero-order chi connectivity index (χ0) is 17.2. The monoisotopic (exact) mass is 334 g/mol. The quantitative estimate of drug-likeness (QED) is 0.914. The van der Waals surface area contributed by atoms with Gasteiger partial charge in [0.1, 0.15) is 0 Å². The standard InChI is InChI=1S/C18H30N4O2/c1-20(2)12-16-13-24-18(7-4-5-8-18)14-22(16)17(23)19-10-15-6-9-21(3)11-15/h6,9,11,16H,4-5,7-8,10,12-14H2,1-3H3,(H,19,23). The van der Waals surface area contributed by atoms with Gasteiger partial charge in [-0.15, -0.1) is 0 Å². The van der Waals surface area contributed by atoms with Crippen LogP contribution in [-0.2, 0) is 18.3 Å². The number of ether oxygens (including phenoxy) is 1. The topological polar surface area (TPSA) is 49.7 Å². The van der Waals surface area contributed by atoms with Crippen molar-refractivity contribution in [2.75, 3.05) is 33.8 Å². The first kappa shape index (κ1) is 17.3. The van der Waals surface area contributed by atoms with E-state index in [9.17, 15) is 4.79 Å². The summed E-state index contributed by atoms with van der Waals surface area (Å²) in [6.07, 6.45) is 8.60. The van der Waals surface area contributed by atoms with Gasteiger partial charge in [0.15, 0.2) is 0 Å². The molecular weight excluding hydrogens is 304 g/mol. The maximum atomic E-state index is 12.8. The third-order valence-corrected chi connectivity index (χ3v) is 5.17. The number of amides is 2. The highest BCUT2D eigenvalue weighted by Crippen LogP contribution is 2.37. The Kier molecular flexibility index (Phi) is 5.15. The van der Waals surface area contributed by atoms with Crippen LogP contribution in [0, 0.1) is 0 Å². The Labute approximate surface area is 144 Å². The largest absolute Gasteiger partial charge is 0.371 e. The lowest BCUT2D eigenvalue weighted by atomic mass is 9.97. The Morgan fingerprint density at radius 1 is 1.42 bits per heavy atom. The molecule has 0 aromatic carbocycles. The number of urea groups is 1. The molecule has 1 saturated carbocycles. The van der Waals surface area contributed by atoms with Gasteiger partial charge in [-0.3, -0.25) is 0 Å². The van der Waals surface area contributed by atoms with Crippen LogP contribution >= 0.6 is 0 Å². The molecule has 1 aliphatic carbocycles. The van der Waals surface area contributed by atoms with Gasteiger partial charge in [-0.25, -0.2) is 4.79 Å². The number of likely N-dealkylation sites (N-methyl/N-ethyl adjacent to an activating group) is 1. The van der Waals surface area contributed by atoms with E-state index >= 15 is 0 Å². The normalized spacial score (nSPS) is 23.2. The van der Waals surface area contributed by atoms with E-state index in [0.717, 1.165) is 24.9 Å². The number of nitrogens with zero attached hydrogens (tertiary/aromatic N) is 3. The number of hydrogen-bond donors (Lipinski definition) is 1. The van der Waals surface area contributed by atoms with Gasteiger partial charge >= 0.3 is 6.03 Å². The molecule has 1 N–H and O–H groups in total. The fourth-order valence-electron chi connectivity index (χ4n) is 3.93. The summed E-state index contributed by atoms with van der Waals surface area (Å²) in [5.74, 6) is 0. The lowest BCUT2D eigenvalue weighted by Crippen LogP contribution is -2.61. The van der Waals surface area contributed by atoms with Crippen molar-refractivity contribution in [2.24, 2.45) is 7.05 Å². The van der Waals surface area contributed by atoms with Gasteiger partial charge in [-0.2, -0.15) is 0 Å². The number of rotatable bonds is 4. The van der Waals surface area contributed by atoms with Crippen LogP contribution < -0.4 is 5.32 Å². The van der Waals surface area contributed by atoms with Crippen molar-refractivity contribution in [1.29, 1.82) is 0 Å². The zero-order valence-electron chi connectivity index (χ0n) is 15.1. The first-order valence-corrected chi connectivity index (χ1v) is 8.91. The summed E-state index contributed by atoms with van der Waals surface area (Å²) in [4.78, 5) is 17.0. The average molecular weight is 334 g/mol. The number of aryl methyl sites for hydroxylation is 1. The van der Waals surface area contributed by atoms with Gasteiger partial charge in [-0.05, 0) is 38.6 Å². The van der Waals surface area contributed by atoms with Gasteiger partial charge < -0.3 is 24.4 Å². The van der Waals surface area contributed by atoms with E-state index < -0.39 is 0 Å². The highest BCUT2D eigenvalue weighted by molar-refractivity contribution is 5.74. The van der Waals surface area contributed by atoms with Crippen LogP contribution in [0.5, 0.6) is 0 Å². The second-order valence-electron chi connectivity index (χ2n) is 7.59. The molecule has 0 radical (unpaired) electrons. The molecule has 134 valence electrons. The Balaban J connectivity index is 1.65. The van der Waals surface area contributed by atoms with E-state index in [2.05, 4.69) is 10.2 Å². The number of carbonyl (C=O) groups excluding carboxylic acids is 1. The van der Waals surface area contributed by atoms with Crippen molar-refractivity contribution in [3.8, 4) is 0 Å². The van der Waals surface area contributed by atoms with Crippen molar-refractivity contribution in [3.63, 3.8) is 0 Å². The molecule has 2 heterocycles. The zero-order valence-corrected chi connectivity index (χ0v) is 15.1. The summed E-state index contributed by atoms with van der Waals surface area (Å²) >= 11 is 0. The molecule has 1 saturated heterocycles. The summed E-state index contributed by atoms with van der Waals surface area (Å²) in [6.45, 7) is 2.75. The lowest BCUT2D eigenvalue weighted by Gasteiger charge is -2.46. The number of nitrogens with one attached hydrogen (secondary N) is 1. The maximum Gasteiger partial charge on any atom is 0.318 e. The van der Waals surface area contributed by atoms with Gasteiger partial charge in [0.2, 0.25) is 0 Å². The van der Waals surface area contributed by atoms with Gasteiger partial charge in [0, 0.05) is 32.5 Å². The fraction of sp³-hybridized carbons (Fsp3) is 0.722. The minimum atomic E-state index is -0.104. The van der Waals surface area contributed by atoms with E-state index in [-0.39, 0.29) is 17.7 Å². The number of hydrogen-bond acceptors (Lipinski definition) is 3. The van der Waals surface area contributed by atoms with E-state index in [1.807, 2.05) is 49.1 Å². The number of carbonyl (C=O) groups is 1. The highest BCUT2D eigenvalue weighted by atomic mass is 16.5. The lowest BCUT2D eigenvalue weighted by molar-refractivity contribution is -0.119. The van der Waals surface area contributed by atoms with Crippen LogP contribution in [0.4, 0.5) is 4.79 Å². The molecule has 1 unspecified atom stereocenters. The highest BCUT2D eigenvalue weighted by Gasteiger charge is 2.44. The average Bonchev–Trinajstić information content (AvgIpc) is 3.16. The van der Waals surface area contributed by atoms with E-state index in [0.29, 0.717) is 19.7 Å². The summed E-state index contributed by atoms with van der Waals surface area (Å²) in [7, 11) is 6.07. The Bertz CT molecular complexity index is 563. The molecule has 2 amide bonds. The molecule has 1 spiro atoms. The number of morpholine rings is 1. The second-order valence-corrected chi connectivity index (χ2v) is 7.59. The molecule has 1 atom stereocenters. The second kappa shape index (κ2) is 7.15. The summed E-state index contributed by atoms with van der Waals surface area (Å²) in [6, 6.07) is 2.18. The molecule has 1 aliphatic heterocycles. The minimum Gasteiger partial charge on any atom is -0.371 e.